The third-order valence-electron chi connectivity index (χ3n) is 5.12. The molecule has 3 aromatic rings. The third kappa shape index (κ3) is 3.93. The van der Waals surface area contributed by atoms with Crippen LogP contribution in [0.1, 0.15) is 45.0 Å². The number of fused-ring (bicyclic) bond motifs is 1. The molecule has 0 atom stereocenters. The number of aromatic carboxylic acids is 1. The van der Waals surface area contributed by atoms with Crippen molar-refractivity contribution in [3.63, 3.8) is 0 Å². The van der Waals surface area contributed by atoms with Crippen molar-refractivity contribution < 1.29 is 28.3 Å². The Morgan fingerprint density at radius 2 is 1.91 bits per heavy atom. The second kappa shape index (κ2) is 8.14. The fourth-order valence-electron chi connectivity index (χ4n) is 3.57. The Labute approximate surface area is 190 Å². The van der Waals surface area contributed by atoms with E-state index < -0.39 is 28.3 Å². The molecule has 1 N–H and O–H groups in total. The Bertz CT molecular complexity index is 1270. The SMILES string of the molecule is CC(C)(Sc1ccc(F)c(N2C(=O)Cc3csc(C(=O)O)c3C2=O)c1)c1cccc(F)c1. The Morgan fingerprint density at radius 3 is 2.59 bits per heavy atom. The van der Waals surface area contributed by atoms with Gasteiger partial charge in [0.2, 0.25) is 5.91 Å². The molecule has 0 saturated heterocycles. The molecule has 0 saturated carbocycles. The number of thiophene rings is 1. The molecular formula is C23H17F2NO4S2. The van der Waals surface area contributed by atoms with Gasteiger partial charge >= 0.3 is 5.97 Å². The molecule has 0 unspecified atom stereocenters. The van der Waals surface area contributed by atoms with Crippen LogP contribution in [0.4, 0.5) is 14.5 Å². The lowest BCUT2D eigenvalue weighted by atomic mass is 10.0. The number of anilines is 1. The van der Waals surface area contributed by atoms with E-state index in [0.29, 0.717) is 20.9 Å². The van der Waals surface area contributed by atoms with Gasteiger partial charge in [-0.3, -0.25) is 9.59 Å². The highest BCUT2D eigenvalue weighted by Gasteiger charge is 2.38. The lowest BCUT2D eigenvalue weighted by molar-refractivity contribution is -0.117. The van der Waals surface area contributed by atoms with E-state index in [4.69, 9.17) is 0 Å². The second-order valence-electron chi connectivity index (χ2n) is 7.72. The minimum Gasteiger partial charge on any atom is -0.477 e. The Hall–Kier alpha value is -3.04. The number of hydrogen-bond donors (Lipinski definition) is 1. The van der Waals surface area contributed by atoms with Crippen LogP contribution >= 0.6 is 23.1 Å². The molecule has 0 aliphatic carbocycles. The molecule has 2 amide bonds. The van der Waals surface area contributed by atoms with Crippen LogP contribution < -0.4 is 4.90 Å². The molecule has 9 heteroatoms. The summed E-state index contributed by atoms with van der Waals surface area (Å²) in [7, 11) is 0. The largest absolute Gasteiger partial charge is 0.477 e. The first kappa shape index (κ1) is 22.2. The van der Waals surface area contributed by atoms with Gasteiger partial charge in [-0.2, -0.15) is 0 Å². The van der Waals surface area contributed by atoms with Crippen molar-refractivity contribution in [2.75, 3.05) is 4.90 Å². The van der Waals surface area contributed by atoms with Gasteiger partial charge in [0.25, 0.3) is 5.91 Å². The van der Waals surface area contributed by atoms with Crippen molar-refractivity contribution in [2.24, 2.45) is 0 Å². The molecule has 0 spiro atoms. The molecule has 1 aromatic heterocycles. The first-order chi connectivity index (χ1) is 15.1. The van der Waals surface area contributed by atoms with Gasteiger partial charge in [-0.05, 0) is 60.7 Å². The summed E-state index contributed by atoms with van der Waals surface area (Å²) >= 11 is 2.18. The first-order valence-corrected chi connectivity index (χ1v) is 11.2. The number of hydrogen-bond acceptors (Lipinski definition) is 5. The number of carbonyl (C=O) groups is 3. The summed E-state index contributed by atoms with van der Waals surface area (Å²) < 4.78 is 27.8. The zero-order valence-electron chi connectivity index (χ0n) is 17.0. The van der Waals surface area contributed by atoms with Crippen LogP contribution in [0, 0.1) is 11.6 Å². The van der Waals surface area contributed by atoms with Crippen molar-refractivity contribution in [3.8, 4) is 0 Å². The summed E-state index contributed by atoms with van der Waals surface area (Å²) in [5.41, 5.74) is 0.720. The van der Waals surface area contributed by atoms with Crippen LogP contribution in [-0.4, -0.2) is 22.9 Å². The van der Waals surface area contributed by atoms with Gasteiger partial charge in [0, 0.05) is 9.64 Å². The summed E-state index contributed by atoms with van der Waals surface area (Å²) in [6, 6.07) is 10.2. The Morgan fingerprint density at radius 1 is 1.16 bits per heavy atom. The summed E-state index contributed by atoms with van der Waals surface area (Å²) in [5.74, 6) is -3.93. The summed E-state index contributed by atoms with van der Waals surface area (Å²) in [4.78, 5) is 38.3. The zero-order valence-corrected chi connectivity index (χ0v) is 18.7. The van der Waals surface area contributed by atoms with Crippen molar-refractivity contribution in [3.05, 3.63) is 81.0 Å². The summed E-state index contributed by atoms with van der Waals surface area (Å²) in [6.45, 7) is 3.76. The average molecular weight is 474 g/mol. The lowest BCUT2D eigenvalue weighted by Gasteiger charge is -2.28. The van der Waals surface area contributed by atoms with Crippen molar-refractivity contribution in [1.29, 1.82) is 0 Å². The number of carbonyl (C=O) groups excluding carboxylic acids is 2. The van der Waals surface area contributed by atoms with Crippen LogP contribution in [0.3, 0.4) is 0 Å². The summed E-state index contributed by atoms with van der Waals surface area (Å²) in [6.07, 6.45) is -0.198. The number of nitrogens with zero attached hydrogens (tertiary/aromatic N) is 1. The number of benzene rings is 2. The Kier molecular flexibility index (Phi) is 5.64. The molecular weight excluding hydrogens is 456 g/mol. The molecule has 2 heterocycles. The van der Waals surface area contributed by atoms with E-state index >= 15 is 0 Å². The van der Waals surface area contributed by atoms with E-state index in [1.165, 1.54) is 41.4 Å². The molecule has 0 fully saturated rings. The van der Waals surface area contributed by atoms with Crippen LogP contribution in [0.5, 0.6) is 0 Å². The summed E-state index contributed by atoms with van der Waals surface area (Å²) in [5, 5.41) is 10.8. The van der Waals surface area contributed by atoms with Gasteiger partial charge in [0.1, 0.15) is 16.5 Å². The maximum absolute atomic E-state index is 14.8. The molecule has 0 bridgehead atoms. The first-order valence-electron chi connectivity index (χ1n) is 9.54. The highest BCUT2D eigenvalue weighted by atomic mass is 32.2. The van der Waals surface area contributed by atoms with Gasteiger partial charge in [-0.25, -0.2) is 18.5 Å². The molecule has 4 rings (SSSR count). The van der Waals surface area contributed by atoms with Gasteiger partial charge in [0.15, 0.2) is 0 Å². The van der Waals surface area contributed by atoms with E-state index in [9.17, 15) is 28.3 Å². The number of halogens is 2. The van der Waals surface area contributed by atoms with Gasteiger partial charge in [0.05, 0.1) is 17.7 Å². The maximum Gasteiger partial charge on any atom is 0.346 e. The topological polar surface area (TPSA) is 74.7 Å². The van der Waals surface area contributed by atoms with Gasteiger partial charge in [-0.15, -0.1) is 23.1 Å². The van der Waals surface area contributed by atoms with Crippen molar-refractivity contribution in [1.82, 2.24) is 0 Å². The number of carboxylic acids is 1. The molecule has 164 valence electrons. The van der Waals surface area contributed by atoms with Crippen LogP contribution in [-0.2, 0) is 16.0 Å². The Balaban J connectivity index is 1.71. The highest BCUT2D eigenvalue weighted by Crippen LogP contribution is 2.43. The van der Waals surface area contributed by atoms with Crippen LogP contribution in [0.25, 0.3) is 0 Å². The van der Waals surface area contributed by atoms with Gasteiger partial charge in [-0.1, -0.05) is 12.1 Å². The normalized spacial score (nSPS) is 13.9. The number of carboxylic acid groups (broad SMARTS) is 1. The third-order valence-corrected chi connectivity index (χ3v) is 7.37. The molecule has 2 aromatic carbocycles. The van der Waals surface area contributed by atoms with E-state index in [2.05, 4.69) is 0 Å². The smallest absolute Gasteiger partial charge is 0.346 e. The van der Waals surface area contributed by atoms with Crippen LogP contribution in [0.15, 0.2) is 52.7 Å². The van der Waals surface area contributed by atoms with E-state index in [-0.39, 0.29) is 28.4 Å². The predicted octanol–water partition coefficient (Wildman–Crippen LogP) is 5.48. The zero-order chi connectivity index (χ0) is 23.2. The standard InChI is InChI=1S/C23H17F2NO4S2/c1-23(2,13-4-3-5-14(24)9-13)32-15-6-7-16(25)17(10-15)26-18(27)8-12-11-31-20(22(29)30)19(12)21(26)28/h3-7,9-11H,8H2,1-2H3,(H,29,30). The lowest BCUT2D eigenvalue weighted by Crippen LogP contribution is -2.43. The van der Waals surface area contributed by atoms with E-state index in [0.717, 1.165) is 17.4 Å². The number of amides is 2. The van der Waals surface area contributed by atoms with Crippen LogP contribution in [0.2, 0.25) is 0 Å². The van der Waals surface area contributed by atoms with Crippen molar-refractivity contribution in [2.45, 2.75) is 29.9 Å². The molecule has 5 nitrogen and oxygen atoms in total. The number of rotatable bonds is 5. The predicted molar refractivity (Wildman–Crippen MR) is 118 cm³/mol. The minimum atomic E-state index is -1.28. The molecule has 1 aliphatic heterocycles. The maximum atomic E-state index is 14.8. The number of thioether (sulfide) groups is 1. The number of imide groups is 1. The minimum absolute atomic E-state index is 0.0837. The monoisotopic (exact) mass is 473 g/mol. The average Bonchev–Trinajstić information content (AvgIpc) is 3.14. The highest BCUT2D eigenvalue weighted by molar-refractivity contribution is 8.00. The second-order valence-corrected chi connectivity index (χ2v) is 10.3. The van der Waals surface area contributed by atoms with E-state index in [1.54, 1.807) is 12.1 Å². The van der Waals surface area contributed by atoms with Crippen molar-refractivity contribution >= 4 is 46.6 Å². The van der Waals surface area contributed by atoms with E-state index in [1.807, 2.05) is 13.8 Å². The fraction of sp³-hybridized carbons (Fsp3) is 0.174. The molecule has 0 radical (unpaired) electrons. The quantitative estimate of drug-likeness (QED) is 0.392. The van der Waals surface area contributed by atoms with Gasteiger partial charge < -0.3 is 5.11 Å². The fourth-order valence-corrected chi connectivity index (χ4v) is 5.61. The molecule has 32 heavy (non-hydrogen) atoms. The molecule has 1 aliphatic rings.